The van der Waals surface area contributed by atoms with Crippen molar-refractivity contribution < 1.29 is 13.9 Å². The van der Waals surface area contributed by atoms with Gasteiger partial charge >= 0.3 is 0 Å². The number of amides is 1. The Labute approximate surface area is 116 Å². The van der Waals surface area contributed by atoms with Gasteiger partial charge in [-0.2, -0.15) is 5.26 Å². The van der Waals surface area contributed by atoms with E-state index in [-0.39, 0.29) is 11.8 Å². The number of methoxy groups -OCH3 is 1. The summed E-state index contributed by atoms with van der Waals surface area (Å²) in [4.78, 5) is 11.4. The molecular weight excluding hydrogens is 256 g/mol. The fourth-order valence-electron chi connectivity index (χ4n) is 1.70. The van der Waals surface area contributed by atoms with Crippen LogP contribution in [-0.4, -0.2) is 13.0 Å². The first kappa shape index (κ1) is 13.7. The number of hydrogen-bond acceptors (Lipinski definition) is 4. The van der Waals surface area contributed by atoms with E-state index in [4.69, 9.17) is 14.4 Å². The summed E-state index contributed by atoms with van der Waals surface area (Å²) in [7, 11) is 1.58. The first-order valence-electron chi connectivity index (χ1n) is 6.16. The molecule has 1 N–H and O–H groups in total. The quantitative estimate of drug-likeness (QED) is 0.925. The topological polar surface area (TPSA) is 75.3 Å². The zero-order chi connectivity index (χ0) is 14.5. The monoisotopic (exact) mass is 270 g/mol. The number of benzene rings is 1. The lowest BCUT2D eigenvalue weighted by Gasteiger charge is -2.02. The van der Waals surface area contributed by atoms with Crippen LogP contribution in [0.5, 0.6) is 5.75 Å². The van der Waals surface area contributed by atoms with Crippen LogP contribution in [0.25, 0.3) is 11.3 Å². The molecule has 0 spiro atoms. The summed E-state index contributed by atoms with van der Waals surface area (Å²) in [5.74, 6) is 1.17. The van der Waals surface area contributed by atoms with E-state index < -0.39 is 0 Å². The SMILES string of the molecule is CCC(=O)Nc1oc(-c2cccc(OC)c2)cc1C#N. The van der Waals surface area contributed by atoms with Gasteiger partial charge in [-0.05, 0) is 12.1 Å². The van der Waals surface area contributed by atoms with Crippen LogP contribution < -0.4 is 10.1 Å². The van der Waals surface area contributed by atoms with E-state index in [1.54, 1.807) is 26.2 Å². The Morgan fingerprint density at radius 2 is 2.25 bits per heavy atom. The van der Waals surface area contributed by atoms with E-state index >= 15 is 0 Å². The molecular formula is C15H14N2O3. The third kappa shape index (κ3) is 2.81. The number of nitrogens with zero attached hydrogens (tertiary/aromatic N) is 1. The molecule has 2 aromatic rings. The second kappa shape index (κ2) is 5.93. The Morgan fingerprint density at radius 3 is 2.90 bits per heavy atom. The van der Waals surface area contributed by atoms with Gasteiger partial charge < -0.3 is 9.15 Å². The lowest BCUT2D eigenvalue weighted by molar-refractivity contribution is -0.116. The molecule has 0 fully saturated rings. The number of furan rings is 1. The second-order valence-corrected chi connectivity index (χ2v) is 4.10. The summed E-state index contributed by atoms with van der Waals surface area (Å²) >= 11 is 0. The Hall–Kier alpha value is -2.74. The number of rotatable bonds is 4. The summed E-state index contributed by atoms with van der Waals surface area (Å²) < 4.78 is 10.7. The van der Waals surface area contributed by atoms with Gasteiger partial charge in [0.15, 0.2) is 0 Å². The standard InChI is InChI=1S/C15H14N2O3/c1-3-14(18)17-15-11(9-16)8-13(20-15)10-5-4-6-12(7-10)19-2/h4-8H,3H2,1-2H3,(H,17,18). The smallest absolute Gasteiger partial charge is 0.226 e. The highest BCUT2D eigenvalue weighted by Crippen LogP contribution is 2.30. The van der Waals surface area contributed by atoms with E-state index in [9.17, 15) is 4.79 Å². The van der Waals surface area contributed by atoms with E-state index in [1.807, 2.05) is 24.3 Å². The maximum atomic E-state index is 11.4. The number of hydrogen-bond donors (Lipinski definition) is 1. The molecule has 0 atom stereocenters. The van der Waals surface area contributed by atoms with Crippen molar-refractivity contribution in [2.24, 2.45) is 0 Å². The molecule has 0 radical (unpaired) electrons. The molecule has 0 saturated carbocycles. The van der Waals surface area contributed by atoms with E-state index in [0.717, 1.165) is 5.56 Å². The van der Waals surface area contributed by atoms with Crippen LogP contribution in [0.1, 0.15) is 18.9 Å². The molecule has 1 aromatic heterocycles. The molecule has 0 aliphatic heterocycles. The largest absolute Gasteiger partial charge is 0.497 e. The second-order valence-electron chi connectivity index (χ2n) is 4.10. The molecule has 0 aliphatic rings. The van der Waals surface area contributed by atoms with Gasteiger partial charge in [-0.15, -0.1) is 0 Å². The van der Waals surface area contributed by atoms with Gasteiger partial charge in [-0.25, -0.2) is 0 Å². The van der Waals surface area contributed by atoms with Gasteiger partial charge in [-0.1, -0.05) is 19.1 Å². The first-order chi connectivity index (χ1) is 9.67. The van der Waals surface area contributed by atoms with Crippen molar-refractivity contribution in [1.29, 1.82) is 5.26 Å². The third-order valence-corrected chi connectivity index (χ3v) is 2.78. The Kier molecular flexibility index (Phi) is 4.06. The lowest BCUT2D eigenvalue weighted by Crippen LogP contribution is -2.09. The molecule has 1 heterocycles. The fraction of sp³-hybridized carbons (Fsp3) is 0.200. The van der Waals surface area contributed by atoms with Crippen molar-refractivity contribution in [3.05, 3.63) is 35.9 Å². The molecule has 0 bridgehead atoms. The molecule has 1 amide bonds. The Morgan fingerprint density at radius 1 is 1.45 bits per heavy atom. The minimum absolute atomic E-state index is 0.178. The number of nitrogens with one attached hydrogen (secondary N) is 1. The van der Waals surface area contributed by atoms with Crippen molar-refractivity contribution >= 4 is 11.8 Å². The minimum atomic E-state index is -0.201. The van der Waals surface area contributed by atoms with Gasteiger partial charge in [0.05, 0.1) is 7.11 Å². The predicted octanol–water partition coefficient (Wildman–Crippen LogP) is 3.18. The number of ether oxygens (including phenoxy) is 1. The van der Waals surface area contributed by atoms with Crippen molar-refractivity contribution in [1.82, 2.24) is 0 Å². The average molecular weight is 270 g/mol. The lowest BCUT2D eigenvalue weighted by atomic mass is 10.1. The molecule has 0 aliphatic carbocycles. The van der Waals surface area contributed by atoms with Gasteiger partial charge in [0, 0.05) is 18.1 Å². The molecule has 0 saturated heterocycles. The molecule has 2 rings (SSSR count). The summed E-state index contributed by atoms with van der Waals surface area (Å²) in [5.41, 5.74) is 1.07. The molecule has 20 heavy (non-hydrogen) atoms. The number of carbonyl (C=O) groups excluding carboxylic acids is 1. The van der Waals surface area contributed by atoms with Crippen molar-refractivity contribution in [3.63, 3.8) is 0 Å². The summed E-state index contributed by atoms with van der Waals surface area (Å²) in [6.45, 7) is 1.73. The van der Waals surface area contributed by atoms with Crippen molar-refractivity contribution in [2.45, 2.75) is 13.3 Å². The average Bonchev–Trinajstić information content (AvgIpc) is 2.90. The zero-order valence-corrected chi connectivity index (χ0v) is 11.3. The Bertz CT molecular complexity index is 668. The molecule has 102 valence electrons. The van der Waals surface area contributed by atoms with Gasteiger partial charge in [0.2, 0.25) is 11.8 Å². The molecule has 5 nitrogen and oxygen atoms in total. The van der Waals surface area contributed by atoms with Gasteiger partial charge in [0.25, 0.3) is 0 Å². The van der Waals surface area contributed by atoms with Crippen LogP contribution in [0, 0.1) is 11.3 Å². The van der Waals surface area contributed by atoms with Crippen LogP contribution in [0.3, 0.4) is 0 Å². The summed E-state index contributed by atoms with van der Waals surface area (Å²) in [6, 6.07) is 10.9. The maximum absolute atomic E-state index is 11.4. The fourth-order valence-corrected chi connectivity index (χ4v) is 1.70. The van der Waals surface area contributed by atoms with Crippen molar-refractivity contribution in [2.75, 3.05) is 12.4 Å². The highest BCUT2D eigenvalue weighted by molar-refractivity contribution is 5.90. The predicted molar refractivity (Wildman–Crippen MR) is 74.3 cm³/mol. The van der Waals surface area contributed by atoms with Crippen LogP contribution in [-0.2, 0) is 4.79 Å². The normalized spacial score (nSPS) is 9.85. The van der Waals surface area contributed by atoms with E-state index in [1.165, 1.54) is 0 Å². The van der Waals surface area contributed by atoms with Crippen LogP contribution in [0.2, 0.25) is 0 Å². The first-order valence-corrected chi connectivity index (χ1v) is 6.16. The Balaban J connectivity index is 2.38. The number of nitriles is 1. The van der Waals surface area contributed by atoms with E-state index in [0.29, 0.717) is 23.5 Å². The zero-order valence-electron chi connectivity index (χ0n) is 11.3. The highest BCUT2D eigenvalue weighted by atomic mass is 16.5. The summed E-state index contributed by atoms with van der Waals surface area (Å²) in [6.07, 6.45) is 0.320. The van der Waals surface area contributed by atoms with Crippen LogP contribution in [0.4, 0.5) is 5.88 Å². The van der Waals surface area contributed by atoms with Crippen molar-refractivity contribution in [3.8, 4) is 23.1 Å². The molecule has 5 heteroatoms. The number of anilines is 1. The molecule has 0 unspecified atom stereocenters. The third-order valence-electron chi connectivity index (χ3n) is 2.78. The van der Waals surface area contributed by atoms with E-state index in [2.05, 4.69) is 5.32 Å². The van der Waals surface area contributed by atoms with Gasteiger partial charge in [0.1, 0.15) is 23.1 Å². The van der Waals surface area contributed by atoms with Crippen LogP contribution in [0.15, 0.2) is 34.7 Å². The number of carbonyl (C=O) groups is 1. The van der Waals surface area contributed by atoms with Gasteiger partial charge in [-0.3, -0.25) is 10.1 Å². The summed E-state index contributed by atoms with van der Waals surface area (Å²) in [5, 5.41) is 11.6. The minimum Gasteiger partial charge on any atom is -0.497 e. The van der Waals surface area contributed by atoms with Crippen LogP contribution >= 0.6 is 0 Å². The highest BCUT2D eigenvalue weighted by Gasteiger charge is 2.14. The molecule has 1 aromatic carbocycles. The maximum Gasteiger partial charge on any atom is 0.226 e.